The van der Waals surface area contributed by atoms with Crippen LogP contribution in [0.15, 0.2) is 0 Å². The Hall–Kier alpha value is 0.200. The number of hydrogen-bond acceptors (Lipinski definition) is 2. The molecule has 1 N–H and O–H groups in total. The van der Waals surface area contributed by atoms with Crippen LogP contribution in [0.4, 0.5) is 0 Å². The number of halogens is 1. The molecule has 0 aliphatic heterocycles. The standard InChI is InChI=1S/C23H47ClO3S/c24-22-20-18-16-14-12-10-8-6-4-2-1-3-5-7-9-11-13-15-17-19-21-23-28(25,26)27/h1-23H2,(H,25,26,27). The van der Waals surface area contributed by atoms with E-state index in [4.69, 9.17) is 16.2 Å². The Balaban J connectivity index is 3.03. The highest BCUT2D eigenvalue weighted by atomic mass is 35.5. The Labute approximate surface area is 181 Å². The summed E-state index contributed by atoms with van der Waals surface area (Å²) in [4.78, 5) is 0. The highest BCUT2D eigenvalue weighted by Gasteiger charge is 2.02. The Morgan fingerprint density at radius 1 is 0.429 bits per heavy atom. The average Bonchev–Trinajstić information content (AvgIpc) is 2.65. The van der Waals surface area contributed by atoms with Crippen LogP contribution in [0.25, 0.3) is 0 Å². The van der Waals surface area contributed by atoms with Gasteiger partial charge in [-0.2, -0.15) is 8.42 Å². The van der Waals surface area contributed by atoms with Crippen molar-refractivity contribution in [3.63, 3.8) is 0 Å². The van der Waals surface area contributed by atoms with Gasteiger partial charge in [-0.25, -0.2) is 0 Å². The maximum atomic E-state index is 10.6. The van der Waals surface area contributed by atoms with Crippen molar-refractivity contribution in [2.24, 2.45) is 0 Å². The molecular formula is C23H47ClO3S. The van der Waals surface area contributed by atoms with Crippen molar-refractivity contribution in [3.05, 3.63) is 0 Å². The van der Waals surface area contributed by atoms with E-state index in [1.54, 1.807) is 0 Å². The fourth-order valence-electron chi connectivity index (χ4n) is 3.74. The molecule has 0 saturated carbocycles. The normalized spacial score (nSPS) is 11.9. The van der Waals surface area contributed by atoms with E-state index in [0.29, 0.717) is 6.42 Å². The third-order valence-electron chi connectivity index (χ3n) is 5.54. The minimum absolute atomic E-state index is 0.0809. The summed E-state index contributed by atoms with van der Waals surface area (Å²) in [5, 5.41) is 0. The van der Waals surface area contributed by atoms with Gasteiger partial charge >= 0.3 is 0 Å². The second-order valence-corrected chi connectivity index (χ2v) is 10.3. The molecule has 0 fully saturated rings. The minimum atomic E-state index is -3.75. The number of unbranched alkanes of at least 4 members (excludes halogenated alkanes) is 20. The van der Waals surface area contributed by atoms with E-state index in [0.717, 1.165) is 18.7 Å². The van der Waals surface area contributed by atoms with Gasteiger partial charge in [0.25, 0.3) is 10.1 Å². The lowest BCUT2D eigenvalue weighted by atomic mass is 10.0. The maximum Gasteiger partial charge on any atom is 0.264 e. The second kappa shape index (κ2) is 21.9. The molecule has 0 aliphatic rings. The molecule has 0 saturated heterocycles. The van der Waals surface area contributed by atoms with Gasteiger partial charge < -0.3 is 0 Å². The van der Waals surface area contributed by atoms with Gasteiger partial charge in [-0.1, -0.05) is 122 Å². The molecule has 0 rings (SSSR count). The van der Waals surface area contributed by atoms with Crippen LogP contribution >= 0.6 is 11.6 Å². The van der Waals surface area contributed by atoms with E-state index < -0.39 is 10.1 Å². The van der Waals surface area contributed by atoms with Crippen LogP contribution in [-0.4, -0.2) is 24.6 Å². The van der Waals surface area contributed by atoms with Crippen molar-refractivity contribution in [1.29, 1.82) is 0 Å². The lowest BCUT2D eigenvalue weighted by molar-refractivity contribution is 0.478. The Kier molecular flexibility index (Phi) is 22.1. The summed E-state index contributed by atoms with van der Waals surface area (Å²) in [7, 11) is -3.75. The van der Waals surface area contributed by atoms with E-state index in [2.05, 4.69) is 0 Å². The molecule has 0 heterocycles. The summed E-state index contributed by atoms with van der Waals surface area (Å²) in [6, 6.07) is 0. The third kappa shape index (κ3) is 26.2. The average molecular weight is 439 g/mol. The number of hydrogen-bond donors (Lipinski definition) is 1. The van der Waals surface area contributed by atoms with Gasteiger partial charge in [0.2, 0.25) is 0 Å². The first kappa shape index (κ1) is 28.2. The topological polar surface area (TPSA) is 54.4 Å². The summed E-state index contributed by atoms with van der Waals surface area (Å²) in [5.74, 6) is 0.743. The van der Waals surface area contributed by atoms with Crippen molar-refractivity contribution in [1.82, 2.24) is 0 Å². The van der Waals surface area contributed by atoms with Crippen LogP contribution < -0.4 is 0 Å². The predicted octanol–water partition coefficient (Wildman–Crippen LogP) is 8.31. The van der Waals surface area contributed by atoms with Crippen LogP contribution in [0.5, 0.6) is 0 Å². The zero-order chi connectivity index (χ0) is 20.8. The van der Waals surface area contributed by atoms with Gasteiger partial charge in [-0.15, -0.1) is 11.6 Å². The van der Waals surface area contributed by atoms with Gasteiger partial charge in [0.15, 0.2) is 0 Å². The van der Waals surface area contributed by atoms with Gasteiger partial charge in [0.05, 0.1) is 5.75 Å². The van der Waals surface area contributed by atoms with Crippen LogP contribution in [0.1, 0.15) is 135 Å². The second-order valence-electron chi connectivity index (χ2n) is 8.40. The summed E-state index contributed by atoms with van der Waals surface area (Å²) in [5.41, 5.74) is 0. The van der Waals surface area contributed by atoms with Crippen molar-refractivity contribution in [3.8, 4) is 0 Å². The fraction of sp³-hybridized carbons (Fsp3) is 1.00. The van der Waals surface area contributed by atoms with Gasteiger partial charge in [-0.3, -0.25) is 4.55 Å². The highest BCUT2D eigenvalue weighted by molar-refractivity contribution is 7.85. The molecule has 0 radical (unpaired) electrons. The van der Waals surface area contributed by atoms with Gasteiger partial charge in [0.1, 0.15) is 0 Å². The Morgan fingerprint density at radius 3 is 0.857 bits per heavy atom. The molecule has 0 bridgehead atoms. The lowest BCUT2D eigenvalue weighted by Crippen LogP contribution is -2.03. The Bertz CT molecular complexity index is 399. The van der Waals surface area contributed by atoms with Crippen molar-refractivity contribution >= 4 is 21.7 Å². The number of rotatable bonds is 23. The molecule has 0 aliphatic carbocycles. The SMILES string of the molecule is O=S(=O)(O)CCCCCCCCCCCCCCCCCCCCCCCCl. The van der Waals surface area contributed by atoms with E-state index in [1.165, 1.54) is 116 Å². The molecule has 0 aromatic carbocycles. The molecule has 0 unspecified atom stereocenters. The summed E-state index contributed by atoms with van der Waals surface area (Å²) in [6.45, 7) is 0. The lowest BCUT2D eigenvalue weighted by Gasteiger charge is -2.04. The van der Waals surface area contributed by atoms with E-state index >= 15 is 0 Å². The van der Waals surface area contributed by atoms with Crippen LogP contribution in [0.2, 0.25) is 0 Å². The van der Waals surface area contributed by atoms with E-state index in [9.17, 15) is 8.42 Å². The molecule has 3 nitrogen and oxygen atoms in total. The van der Waals surface area contributed by atoms with Crippen molar-refractivity contribution < 1.29 is 13.0 Å². The molecule has 0 aromatic rings. The first-order valence-corrected chi connectivity index (χ1v) is 14.2. The van der Waals surface area contributed by atoms with Gasteiger partial charge in [-0.05, 0) is 12.8 Å². The zero-order valence-corrected chi connectivity index (χ0v) is 19.9. The fourth-order valence-corrected chi connectivity index (χ4v) is 4.50. The van der Waals surface area contributed by atoms with Crippen molar-refractivity contribution in [2.45, 2.75) is 135 Å². The monoisotopic (exact) mass is 438 g/mol. The van der Waals surface area contributed by atoms with Crippen molar-refractivity contribution in [2.75, 3.05) is 11.6 Å². The summed E-state index contributed by atoms with van der Waals surface area (Å²) >= 11 is 5.68. The molecule has 0 aromatic heterocycles. The summed E-state index contributed by atoms with van der Waals surface area (Å²) < 4.78 is 29.8. The molecular weight excluding hydrogens is 392 g/mol. The predicted molar refractivity (Wildman–Crippen MR) is 124 cm³/mol. The van der Waals surface area contributed by atoms with Crippen LogP contribution in [-0.2, 0) is 10.1 Å². The van der Waals surface area contributed by atoms with Crippen LogP contribution in [0.3, 0.4) is 0 Å². The first-order chi connectivity index (χ1) is 13.6. The first-order valence-electron chi connectivity index (χ1n) is 12.1. The van der Waals surface area contributed by atoms with E-state index in [1.807, 2.05) is 0 Å². The largest absolute Gasteiger partial charge is 0.286 e. The minimum Gasteiger partial charge on any atom is -0.286 e. The molecule has 0 atom stereocenters. The molecule has 0 amide bonds. The van der Waals surface area contributed by atoms with E-state index in [-0.39, 0.29) is 5.75 Å². The molecule has 5 heteroatoms. The quantitative estimate of drug-likeness (QED) is 0.0990. The smallest absolute Gasteiger partial charge is 0.264 e. The number of alkyl halides is 1. The Morgan fingerprint density at radius 2 is 0.643 bits per heavy atom. The molecule has 0 spiro atoms. The van der Waals surface area contributed by atoms with Gasteiger partial charge in [0, 0.05) is 5.88 Å². The zero-order valence-electron chi connectivity index (χ0n) is 18.3. The van der Waals surface area contributed by atoms with Crippen LogP contribution in [0, 0.1) is 0 Å². The highest BCUT2D eigenvalue weighted by Crippen LogP contribution is 2.15. The third-order valence-corrected chi connectivity index (χ3v) is 6.61. The summed E-state index contributed by atoms with van der Waals surface area (Å²) in [6.07, 6.45) is 27.0. The maximum absolute atomic E-state index is 10.6. The molecule has 28 heavy (non-hydrogen) atoms. The molecule has 170 valence electrons.